The lowest BCUT2D eigenvalue weighted by molar-refractivity contribution is -0.139. The second-order valence-corrected chi connectivity index (χ2v) is 4.33. The number of nitrogens with zero attached hydrogens (tertiary/aromatic N) is 1. The molecule has 0 saturated heterocycles. The first-order chi connectivity index (χ1) is 9.84. The normalized spacial score (nSPS) is 12.3. The Hall–Kier alpha value is -2.38. The molecule has 8 heteroatoms. The number of rotatable bonds is 1. The molecular formula is C13H7F5N2O. The summed E-state index contributed by atoms with van der Waals surface area (Å²) in [6.07, 6.45) is -3.77. The first kappa shape index (κ1) is 13.6. The molecular weight excluding hydrogens is 295 g/mol. The predicted molar refractivity (Wildman–Crippen MR) is 65.1 cm³/mol. The summed E-state index contributed by atoms with van der Waals surface area (Å²) in [5, 5.41) is 0.0291. The van der Waals surface area contributed by atoms with Crippen molar-refractivity contribution < 1.29 is 26.7 Å². The molecule has 0 saturated carbocycles. The van der Waals surface area contributed by atoms with E-state index in [0.717, 1.165) is 19.4 Å². The molecule has 0 aliphatic carbocycles. The van der Waals surface area contributed by atoms with Gasteiger partial charge in [-0.1, -0.05) is 0 Å². The van der Waals surface area contributed by atoms with E-state index in [2.05, 4.69) is 14.7 Å². The smallest absolute Gasteiger partial charge is 0.435 e. The number of hydrogen-bond acceptors (Lipinski definition) is 2. The highest BCUT2D eigenvalue weighted by Crippen LogP contribution is 2.38. The number of nitrogens with one attached hydrogen (secondary N) is 1. The van der Waals surface area contributed by atoms with Gasteiger partial charge in [0.1, 0.15) is 0 Å². The number of aromatic amines is 1. The summed E-state index contributed by atoms with van der Waals surface area (Å²) in [5.41, 5.74) is -1.84. The molecule has 1 N–H and O–H groups in total. The summed E-state index contributed by atoms with van der Waals surface area (Å²) >= 11 is 0. The van der Waals surface area contributed by atoms with Crippen LogP contribution in [0, 0.1) is 11.6 Å². The van der Waals surface area contributed by atoms with Gasteiger partial charge < -0.3 is 9.72 Å². The third-order valence-electron chi connectivity index (χ3n) is 3.14. The lowest BCUT2D eigenvalue weighted by atomic mass is 10.1. The zero-order valence-electron chi connectivity index (χ0n) is 10.5. The monoisotopic (exact) mass is 302 g/mol. The van der Waals surface area contributed by atoms with E-state index in [9.17, 15) is 22.0 Å². The lowest BCUT2D eigenvalue weighted by Gasteiger charge is -2.05. The zero-order valence-corrected chi connectivity index (χ0v) is 10.5. The van der Waals surface area contributed by atoms with E-state index < -0.39 is 34.8 Å². The third-order valence-corrected chi connectivity index (χ3v) is 3.14. The van der Waals surface area contributed by atoms with E-state index in [0.29, 0.717) is 0 Å². The summed E-state index contributed by atoms with van der Waals surface area (Å²) in [7, 11) is 1.07. The van der Waals surface area contributed by atoms with Crippen molar-refractivity contribution in [2.24, 2.45) is 0 Å². The molecule has 0 fully saturated rings. The van der Waals surface area contributed by atoms with Crippen LogP contribution in [0.1, 0.15) is 5.69 Å². The molecule has 0 aliphatic heterocycles. The van der Waals surface area contributed by atoms with Crippen LogP contribution in [0.25, 0.3) is 21.8 Å². The molecule has 0 aliphatic rings. The third kappa shape index (κ3) is 1.90. The van der Waals surface area contributed by atoms with E-state index in [1.807, 2.05) is 0 Å². The molecule has 0 unspecified atom stereocenters. The Kier molecular flexibility index (Phi) is 2.79. The van der Waals surface area contributed by atoms with Crippen LogP contribution in [-0.2, 0) is 6.18 Å². The average Bonchev–Trinajstić information content (AvgIpc) is 2.77. The van der Waals surface area contributed by atoms with E-state index >= 15 is 0 Å². The van der Waals surface area contributed by atoms with Crippen molar-refractivity contribution in [3.8, 4) is 5.75 Å². The van der Waals surface area contributed by atoms with Gasteiger partial charge in [0, 0.05) is 17.0 Å². The summed E-state index contributed by atoms with van der Waals surface area (Å²) in [5.74, 6) is -2.74. The molecule has 0 radical (unpaired) electrons. The van der Waals surface area contributed by atoms with Gasteiger partial charge in [0.05, 0.1) is 18.1 Å². The van der Waals surface area contributed by atoms with Crippen LogP contribution in [0.2, 0.25) is 0 Å². The minimum absolute atomic E-state index is 0.00583. The lowest BCUT2D eigenvalue weighted by Crippen LogP contribution is -2.08. The van der Waals surface area contributed by atoms with Crippen molar-refractivity contribution in [1.82, 2.24) is 9.97 Å². The van der Waals surface area contributed by atoms with Gasteiger partial charge in [-0.25, -0.2) is 13.8 Å². The molecule has 0 bridgehead atoms. The standard InChI is InChI=1S/C13H7F5N2O/c1-21-11-7(14)4-6-5-2-3-19-12(13(16,17)18)10(5)20-9(6)8(11)15/h2-4,20H,1H3. The predicted octanol–water partition coefficient (Wildman–Crippen LogP) is 4.02. The van der Waals surface area contributed by atoms with Gasteiger partial charge in [0.15, 0.2) is 23.1 Å². The first-order valence-electron chi connectivity index (χ1n) is 5.74. The first-order valence-corrected chi connectivity index (χ1v) is 5.74. The van der Waals surface area contributed by atoms with Crippen LogP contribution >= 0.6 is 0 Å². The van der Waals surface area contributed by atoms with E-state index in [1.165, 1.54) is 6.07 Å². The highest BCUT2D eigenvalue weighted by Gasteiger charge is 2.35. The quantitative estimate of drug-likeness (QED) is 0.689. The van der Waals surface area contributed by atoms with Crippen molar-refractivity contribution in [2.45, 2.75) is 6.18 Å². The Bertz CT molecular complexity index is 853. The highest BCUT2D eigenvalue weighted by molar-refractivity contribution is 6.08. The van der Waals surface area contributed by atoms with E-state index in [4.69, 9.17) is 0 Å². The van der Waals surface area contributed by atoms with Crippen LogP contribution in [0.5, 0.6) is 5.75 Å². The van der Waals surface area contributed by atoms with Gasteiger partial charge in [0.25, 0.3) is 0 Å². The van der Waals surface area contributed by atoms with Crippen LogP contribution in [0.15, 0.2) is 18.3 Å². The second kappa shape index (κ2) is 4.31. The maximum absolute atomic E-state index is 14.1. The van der Waals surface area contributed by atoms with E-state index in [1.54, 1.807) is 0 Å². The molecule has 3 aromatic rings. The maximum Gasteiger partial charge on any atom is 0.435 e. The number of fused-ring (bicyclic) bond motifs is 3. The summed E-state index contributed by atoms with van der Waals surface area (Å²) in [4.78, 5) is 5.58. The van der Waals surface area contributed by atoms with Crippen molar-refractivity contribution in [1.29, 1.82) is 0 Å². The summed E-state index contributed by atoms with van der Waals surface area (Å²) in [6.45, 7) is 0. The molecule has 0 spiro atoms. The molecule has 3 nitrogen and oxygen atoms in total. The van der Waals surface area contributed by atoms with Gasteiger partial charge in [-0.3, -0.25) is 0 Å². The van der Waals surface area contributed by atoms with Crippen molar-refractivity contribution in [3.05, 3.63) is 35.7 Å². The Balaban J connectivity index is 2.49. The van der Waals surface area contributed by atoms with Crippen LogP contribution in [-0.4, -0.2) is 17.1 Å². The van der Waals surface area contributed by atoms with Gasteiger partial charge in [0.2, 0.25) is 0 Å². The number of alkyl halides is 3. The number of aromatic nitrogens is 2. The Labute approximate surface area is 114 Å². The number of H-pyrrole nitrogens is 1. The zero-order chi connectivity index (χ0) is 15.4. The van der Waals surface area contributed by atoms with Gasteiger partial charge in [-0.05, 0) is 12.1 Å². The fourth-order valence-electron chi connectivity index (χ4n) is 2.28. The van der Waals surface area contributed by atoms with Gasteiger partial charge in [-0.15, -0.1) is 0 Å². The number of halogens is 5. The molecule has 1 aromatic carbocycles. The molecule has 2 aromatic heterocycles. The molecule has 0 atom stereocenters. The van der Waals surface area contributed by atoms with Crippen LogP contribution < -0.4 is 4.74 Å². The fraction of sp³-hybridized carbons (Fsp3) is 0.154. The maximum atomic E-state index is 14.1. The van der Waals surface area contributed by atoms with Gasteiger partial charge in [-0.2, -0.15) is 13.2 Å². The number of benzene rings is 1. The Morgan fingerprint density at radius 2 is 1.86 bits per heavy atom. The summed E-state index contributed by atoms with van der Waals surface area (Å²) in [6, 6.07) is 2.19. The van der Waals surface area contributed by atoms with Crippen molar-refractivity contribution in [3.63, 3.8) is 0 Å². The highest BCUT2D eigenvalue weighted by atomic mass is 19.4. The Morgan fingerprint density at radius 3 is 2.48 bits per heavy atom. The van der Waals surface area contributed by atoms with Crippen LogP contribution in [0.4, 0.5) is 22.0 Å². The summed E-state index contributed by atoms with van der Waals surface area (Å²) < 4.78 is 71.1. The van der Waals surface area contributed by atoms with Crippen LogP contribution in [0.3, 0.4) is 0 Å². The average molecular weight is 302 g/mol. The fourth-order valence-corrected chi connectivity index (χ4v) is 2.28. The molecule has 110 valence electrons. The number of pyridine rings is 1. The largest absolute Gasteiger partial charge is 0.491 e. The van der Waals surface area contributed by atoms with E-state index in [-0.39, 0.29) is 16.3 Å². The molecule has 0 amide bonds. The molecule has 21 heavy (non-hydrogen) atoms. The Morgan fingerprint density at radius 1 is 1.14 bits per heavy atom. The SMILES string of the molecule is COc1c(F)cc2c([nH]c3c(C(F)(F)F)nccc32)c1F. The number of methoxy groups -OCH3 is 1. The minimum atomic E-state index is -4.71. The second-order valence-electron chi connectivity index (χ2n) is 4.33. The molecule has 3 rings (SSSR count). The van der Waals surface area contributed by atoms with Crippen molar-refractivity contribution in [2.75, 3.05) is 7.11 Å². The topological polar surface area (TPSA) is 37.9 Å². The minimum Gasteiger partial charge on any atom is -0.491 e. The van der Waals surface area contributed by atoms with Gasteiger partial charge >= 0.3 is 6.18 Å². The molecule has 2 heterocycles. The number of ether oxygens (including phenoxy) is 1. The number of hydrogen-bond donors (Lipinski definition) is 1. The van der Waals surface area contributed by atoms with Crippen molar-refractivity contribution >= 4 is 21.8 Å².